The van der Waals surface area contributed by atoms with Crippen LogP contribution in [0.3, 0.4) is 0 Å². The van der Waals surface area contributed by atoms with Gasteiger partial charge in [0.05, 0.1) is 29.3 Å². The molecule has 0 spiro atoms. The summed E-state index contributed by atoms with van der Waals surface area (Å²) in [4.78, 5) is 25.5. The van der Waals surface area contributed by atoms with Gasteiger partial charge < -0.3 is 10.4 Å². The van der Waals surface area contributed by atoms with Crippen molar-refractivity contribution < 1.29 is 31.9 Å². The number of carbonyl (C=O) groups is 1. The molecule has 0 atom stereocenters. The molecule has 8 nitrogen and oxygen atoms in total. The predicted molar refractivity (Wildman–Crippen MR) is 106 cm³/mol. The first-order chi connectivity index (χ1) is 15.3. The van der Waals surface area contributed by atoms with Crippen LogP contribution in [0.15, 0.2) is 47.5 Å². The highest BCUT2D eigenvalue weighted by atomic mass is 19.4. The van der Waals surface area contributed by atoms with Crippen LogP contribution in [-0.2, 0) is 6.18 Å². The molecule has 1 aromatic carbocycles. The Labute approximate surface area is 183 Å². The highest BCUT2D eigenvalue weighted by molar-refractivity contribution is 5.94. The quantitative estimate of drug-likeness (QED) is 0.539. The third-order valence-electron chi connectivity index (χ3n) is 4.38. The fourth-order valence-electron chi connectivity index (χ4n) is 2.74. The third kappa shape index (κ3) is 5.61. The zero-order valence-electron chi connectivity index (χ0n) is 17.3. The smallest absolute Gasteiger partial charge is 0.389 e. The van der Waals surface area contributed by atoms with Gasteiger partial charge in [0.1, 0.15) is 11.3 Å². The molecule has 0 bridgehead atoms. The maximum Gasteiger partial charge on any atom is 0.416 e. The van der Waals surface area contributed by atoms with Crippen molar-refractivity contribution in [2.75, 3.05) is 6.54 Å². The molecule has 0 saturated heterocycles. The number of alkyl halides is 5. The zero-order valence-corrected chi connectivity index (χ0v) is 17.3. The summed E-state index contributed by atoms with van der Waals surface area (Å²) in [6.07, 6.45) is -2.82. The normalized spacial score (nSPS) is 12.3. The van der Waals surface area contributed by atoms with Crippen molar-refractivity contribution in [2.45, 2.75) is 32.2 Å². The minimum atomic E-state index is -4.57. The second-order valence-electron chi connectivity index (χ2n) is 7.69. The molecule has 2 heterocycles. The van der Waals surface area contributed by atoms with E-state index in [4.69, 9.17) is 0 Å². The Morgan fingerprint density at radius 2 is 1.82 bits per heavy atom. The lowest BCUT2D eigenvalue weighted by Crippen LogP contribution is -2.41. The summed E-state index contributed by atoms with van der Waals surface area (Å²) in [5.74, 6) is -0.896. The molecular formula is C20H18F5N5O3. The van der Waals surface area contributed by atoms with Gasteiger partial charge in [-0.2, -0.15) is 36.8 Å². The van der Waals surface area contributed by atoms with Gasteiger partial charge in [0.25, 0.3) is 11.5 Å². The molecule has 176 valence electrons. The van der Waals surface area contributed by atoms with Gasteiger partial charge >= 0.3 is 12.7 Å². The van der Waals surface area contributed by atoms with Crippen molar-refractivity contribution in [3.63, 3.8) is 0 Å². The molecular weight excluding hydrogens is 453 g/mol. The van der Waals surface area contributed by atoms with Crippen LogP contribution in [0.5, 0.6) is 0 Å². The number of hydrogen-bond donors (Lipinski definition) is 2. The van der Waals surface area contributed by atoms with Crippen LogP contribution < -0.4 is 10.9 Å². The number of rotatable bonds is 6. The molecule has 0 unspecified atom stereocenters. The van der Waals surface area contributed by atoms with Crippen molar-refractivity contribution >= 4 is 5.91 Å². The lowest BCUT2D eigenvalue weighted by molar-refractivity contribution is -0.137. The number of amides is 1. The predicted octanol–water partition coefficient (Wildman–Crippen LogP) is 3.01. The van der Waals surface area contributed by atoms with Gasteiger partial charge in [-0.1, -0.05) is 12.1 Å². The number of aliphatic hydroxyl groups is 1. The summed E-state index contributed by atoms with van der Waals surface area (Å²) >= 11 is 0. The Morgan fingerprint density at radius 1 is 1.18 bits per heavy atom. The molecule has 0 saturated carbocycles. The standard InChI is InChI=1S/C20H18F5N5O3/c1-19(2,33)10-26-16(31)14-7-15(11-3-5-12(6-4-11)20(23,24)25)28-30(17(14)32)13-8-27-29(9-13)18(21)22/h3-9,18,33H,10H2,1-2H3,(H,26,31). The molecule has 0 fully saturated rings. The summed E-state index contributed by atoms with van der Waals surface area (Å²) in [5, 5.41) is 19.6. The minimum absolute atomic E-state index is 0.0680. The van der Waals surface area contributed by atoms with Crippen molar-refractivity contribution in [2.24, 2.45) is 0 Å². The van der Waals surface area contributed by atoms with Gasteiger partial charge in [0, 0.05) is 12.1 Å². The fraction of sp³-hybridized carbons (Fsp3) is 0.300. The topological polar surface area (TPSA) is 102 Å². The average molecular weight is 471 g/mol. The molecule has 33 heavy (non-hydrogen) atoms. The van der Waals surface area contributed by atoms with Crippen LogP contribution >= 0.6 is 0 Å². The van der Waals surface area contributed by atoms with E-state index in [-0.39, 0.29) is 28.2 Å². The van der Waals surface area contributed by atoms with Crippen LogP contribution in [0.2, 0.25) is 0 Å². The van der Waals surface area contributed by atoms with E-state index in [1.54, 1.807) is 0 Å². The summed E-state index contributed by atoms with van der Waals surface area (Å²) in [7, 11) is 0. The van der Waals surface area contributed by atoms with E-state index in [0.717, 1.165) is 42.7 Å². The molecule has 13 heteroatoms. The summed E-state index contributed by atoms with van der Waals surface area (Å²) in [6, 6.07) is 4.87. The van der Waals surface area contributed by atoms with E-state index in [0.29, 0.717) is 4.68 Å². The fourth-order valence-corrected chi connectivity index (χ4v) is 2.74. The van der Waals surface area contributed by atoms with Gasteiger partial charge in [0.2, 0.25) is 0 Å². The lowest BCUT2D eigenvalue weighted by atomic mass is 10.1. The highest BCUT2D eigenvalue weighted by Gasteiger charge is 2.30. The molecule has 0 aliphatic heterocycles. The summed E-state index contributed by atoms with van der Waals surface area (Å²) < 4.78 is 65.4. The summed E-state index contributed by atoms with van der Waals surface area (Å²) in [5.41, 5.74) is -3.78. The van der Waals surface area contributed by atoms with E-state index in [1.807, 2.05) is 0 Å². The molecule has 0 aliphatic carbocycles. The lowest BCUT2D eigenvalue weighted by Gasteiger charge is -2.18. The van der Waals surface area contributed by atoms with E-state index in [1.165, 1.54) is 13.8 Å². The maximum atomic E-state index is 12.9. The third-order valence-corrected chi connectivity index (χ3v) is 4.38. The molecule has 2 aromatic heterocycles. The molecule has 3 rings (SSSR count). The van der Waals surface area contributed by atoms with E-state index in [9.17, 15) is 36.6 Å². The van der Waals surface area contributed by atoms with Crippen molar-refractivity contribution in [1.29, 1.82) is 0 Å². The minimum Gasteiger partial charge on any atom is -0.389 e. The van der Waals surface area contributed by atoms with Crippen LogP contribution in [0.4, 0.5) is 22.0 Å². The highest BCUT2D eigenvalue weighted by Crippen LogP contribution is 2.30. The molecule has 0 radical (unpaired) electrons. The van der Waals surface area contributed by atoms with E-state index >= 15 is 0 Å². The number of halogens is 5. The molecule has 3 aromatic rings. The molecule has 2 N–H and O–H groups in total. The Morgan fingerprint density at radius 3 is 2.33 bits per heavy atom. The SMILES string of the molecule is CC(C)(O)CNC(=O)c1cc(-c2ccc(C(F)(F)F)cc2)nn(-c2cnn(C(F)F)c2)c1=O. The largest absolute Gasteiger partial charge is 0.416 e. The number of aromatic nitrogens is 4. The monoisotopic (exact) mass is 471 g/mol. The summed E-state index contributed by atoms with van der Waals surface area (Å²) in [6.45, 7) is -0.372. The van der Waals surface area contributed by atoms with Crippen molar-refractivity contribution in [3.05, 3.63) is 64.2 Å². The van der Waals surface area contributed by atoms with Gasteiger partial charge in [-0.3, -0.25) is 9.59 Å². The zero-order chi connectivity index (χ0) is 24.6. The van der Waals surface area contributed by atoms with Crippen molar-refractivity contribution in [3.8, 4) is 16.9 Å². The van der Waals surface area contributed by atoms with Crippen LogP contribution in [-0.4, -0.2) is 42.7 Å². The Balaban J connectivity index is 2.12. The van der Waals surface area contributed by atoms with Crippen LogP contribution in [0.25, 0.3) is 16.9 Å². The van der Waals surface area contributed by atoms with Gasteiger partial charge in [-0.05, 0) is 32.0 Å². The van der Waals surface area contributed by atoms with Gasteiger partial charge in [0.15, 0.2) is 0 Å². The van der Waals surface area contributed by atoms with Gasteiger partial charge in [-0.15, -0.1) is 0 Å². The maximum absolute atomic E-state index is 12.9. The number of nitrogens with one attached hydrogen (secondary N) is 1. The molecule has 1 amide bonds. The van der Waals surface area contributed by atoms with E-state index in [2.05, 4.69) is 15.5 Å². The first-order valence-corrected chi connectivity index (χ1v) is 9.41. The van der Waals surface area contributed by atoms with E-state index < -0.39 is 40.9 Å². The number of carbonyl (C=O) groups excluding carboxylic acids is 1. The second kappa shape index (κ2) is 8.73. The number of hydrogen-bond acceptors (Lipinski definition) is 5. The Kier molecular flexibility index (Phi) is 6.36. The number of benzene rings is 1. The second-order valence-corrected chi connectivity index (χ2v) is 7.69. The first kappa shape index (κ1) is 24.0. The van der Waals surface area contributed by atoms with Crippen molar-refractivity contribution in [1.82, 2.24) is 24.9 Å². The number of nitrogens with zero attached hydrogens (tertiary/aromatic N) is 4. The first-order valence-electron chi connectivity index (χ1n) is 9.41. The van der Waals surface area contributed by atoms with Crippen LogP contribution in [0, 0.1) is 0 Å². The Bertz CT molecular complexity index is 1210. The van der Waals surface area contributed by atoms with Crippen LogP contribution in [0.1, 0.15) is 36.3 Å². The Hall–Kier alpha value is -3.61. The average Bonchev–Trinajstić information content (AvgIpc) is 3.21. The molecule has 0 aliphatic rings. The van der Waals surface area contributed by atoms with Gasteiger partial charge in [-0.25, -0.2) is 4.68 Å².